The van der Waals surface area contributed by atoms with Crippen LogP contribution in [0.1, 0.15) is 0 Å². The third-order valence-electron chi connectivity index (χ3n) is 2.24. The molecule has 0 aromatic heterocycles. The van der Waals surface area contributed by atoms with Gasteiger partial charge >= 0.3 is 6.09 Å². The van der Waals surface area contributed by atoms with Crippen LogP contribution in [0.25, 0.3) is 0 Å². The van der Waals surface area contributed by atoms with Crippen molar-refractivity contribution in [3.8, 4) is 11.5 Å². The van der Waals surface area contributed by atoms with Crippen LogP contribution >= 0.6 is 0 Å². The first-order chi connectivity index (χ1) is 9.52. The first kappa shape index (κ1) is 15.4. The van der Waals surface area contributed by atoms with E-state index in [4.69, 9.17) is 19.6 Å². The number of hydrogen-bond acceptors (Lipinski definition) is 5. The van der Waals surface area contributed by atoms with Gasteiger partial charge in [-0.15, -0.1) is 0 Å². The van der Waals surface area contributed by atoms with Gasteiger partial charge in [-0.05, 0) is 12.1 Å². The smallest absolute Gasteiger partial charge is 0.407 e. The first-order valence-electron chi connectivity index (χ1n) is 5.82. The van der Waals surface area contributed by atoms with Crippen molar-refractivity contribution in [2.75, 3.05) is 20.3 Å². The van der Waals surface area contributed by atoms with E-state index in [1.165, 1.54) is 0 Å². The molecule has 0 aliphatic carbocycles. The minimum Gasteiger partial charge on any atom is -0.493 e. The minimum atomic E-state index is -0.395. The number of carbonyl (C=O) groups is 1. The maximum Gasteiger partial charge on any atom is 0.407 e. The zero-order chi connectivity index (χ0) is 15.0. The Labute approximate surface area is 116 Å². The van der Waals surface area contributed by atoms with E-state index in [2.05, 4.69) is 16.8 Å². The number of benzene rings is 1. The number of guanidine groups is 1. The van der Waals surface area contributed by atoms with Crippen LogP contribution in [0.2, 0.25) is 0 Å². The second kappa shape index (κ2) is 7.72. The molecule has 6 N–H and O–H groups in total. The van der Waals surface area contributed by atoms with Crippen molar-refractivity contribution in [2.45, 2.75) is 6.10 Å². The molecule has 1 amide bonds. The van der Waals surface area contributed by atoms with Gasteiger partial charge in [0.05, 0.1) is 13.7 Å². The average Bonchev–Trinajstić information content (AvgIpc) is 2.82. The van der Waals surface area contributed by atoms with E-state index in [1.807, 2.05) is 24.3 Å². The number of para-hydroxylation sites is 2. The van der Waals surface area contributed by atoms with Crippen LogP contribution in [0.3, 0.4) is 0 Å². The molecule has 1 fully saturated rings. The lowest BCUT2D eigenvalue weighted by molar-refractivity contribution is 0.103. The molecule has 1 unspecified atom stereocenters. The molecule has 2 rings (SSSR count). The third-order valence-corrected chi connectivity index (χ3v) is 2.24. The topological polar surface area (TPSA) is 133 Å². The maximum atomic E-state index is 10.8. The largest absolute Gasteiger partial charge is 0.493 e. The third kappa shape index (κ3) is 5.34. The number of nitrogens with one attached hydrogen (secondary N) is 2. The summed E-state index contributed by atoms with van der Waals surface area (Å²) in [6, 6.07) is 7.34. The molecule has 8 nitrogen and oxygen atoms in total. The van der Waals surface area contributed by atoms with Crippen LogP contribution in [0.15, 0.2) is 24.3 Å². The van der Waals surface area contributed by atoms with E-state index < -0.39 is 6.09 Å². The van der Waals surface area contributed by atoms with E-state index in [0.29, 0.717) is 24.7 Å². The van der Waals surface area contributed by atoms with Crippen molar-refractivity contribution >= 4 is 12.1 Å². The second-order valence-corrected chi connectivity index (χ2v) is 3.83. The van der Waals surface area contributed by atoms with Gasteiger partial charge in [0.2, 0.25) is 0 Å². The molecule has 1 atom stereocenters. The molecule has 1 heterocycles. The van der Waals surface area contributed by atoms with Crippen molar-refractivity contribution in [1.29, 1.82) is 5.41 Å². The lowest BCUT2D eigenvalue weighted by atomic mass is 10.3. The Morgan fingerprint density at radius 3 is 2.55 bits per heavy atom. The Morgan fingerprint density at radius 1 is 1.45 bits per heavy atom. The summed E-state index contributed by atoms with van der Waals surface area (Å²) in [5.41, 5.74) is 8.94. The Kier molecular flexibility index (Phi) is 5.95. The van der Waals surface area contributed by atoms with E-state index >= 15 is 0 Å². The highest BCUT2D eigenvalue weighted by Gasteiger charge is 2.23. The number of nitrogens with two attached hydrogens (primary N) is 2. The Balaban J connectivity index is 0.000000444. The molecule has 1 saturated heterocycles. The van der Waals surface area contributed by atoms with Crippen LogP contribution in [0.4, 0.5) is 4.79 Å². The summed E-state index contributed by atoms with van der Waals surface area (Å²) >= 11 is 0. The number of hydrogen-bond donors (Lipinski definition) is 4. The standard InChI is InChI=1S/C11H13NO4.CH5N3/c1-14-9-4-2-3-5-10(9)15-7-8-6-12-11(13)16-8;2-1(3)4/h2-5,8H,6-7H2,1H3,(H,12,13);(H5,2,3,4). The number of cyclic esters (lactones) is 1. The van der Waals surface area contributed by atoms with E-state index in [1.54, 1.807) is 7.11 Å². The van der Waals surface area contributed by atoms with Gasteiger partial charge in [-0.2, -0.15) is 0 Å². The molecule has 0 spiro atoms. The monoisotopic (exact) mass is 282 g/mol. The molecular formula is C12H18N4O4. The number of ether oxygens (including phenoxy) is 3. The summed E-state index contributed by atoms with van der Waals surface area (Å²) in [4.78, 5) is 10.8. The lowest BCUT2D eigenvalue weighted by Gasteiger charge is -2.12. The van der Waals surface area contributed by atoms with Crippen molar-refractivity contribution < 1.29 is 19.0 Å². The van der Waals surface area contributed by atoms with E-state index in [0.717, 1.165) is 0 Å². The molecule has 0 bridgehead atoms. The second-order valence-electron chi connectivity index (χ2n) is 3.83. The number of amides is 1. The van der Waals surface area contributed by atoms with E-state index in [-0.39, 0.29) is 12.1 Å². The zero-order valence-corrected chi connectivity index (χ0v) is 11.1. The summed E-state index contributed by atoms with van der Waals surface area (Å²) in [6.45, 7) is 0.799. The fraction of sp³-hybridized carbons (Fsp3) is 0.333. The summed E-state index contributed by atoms with van der Waals surface area (Å²) in [7, 11) is 1.58. The van der Waals surface area contributed by atoms with Crippen LogP contribution in [0.5, 0.6) is 11.5 Å². The molecule has 8 heteroatoms. The maximum absolute atomic E-state index is 10.8. The van der Waals surface area contributed by atoms with Gasteiger partial charge < -0.3 is 31.0 Å². The van der Waals surface area contributed by atoms with Gasteiger partial charge in [0.25, 0.3) is 0 Å². The van der Waals surface area contributed by atoms with Gasteiger partial charge in [-0.25, -0.2) is 4.79 Å². The fourth-order valence-electron chi connectivity index (χ4n) is 1.45. The molecule has 0 radical (unpaired) electrons. The van der Waals surface area contributed by atoms with Gasteiger partial charge in [0.15, 0.2) is 23.6 Å². The highest BCUT2D eigenvalue weighted by atomic mass is 16.6. The SMILES string of the molecule is COc1ccccc1OCC1CNC(=O)O1.N=C(N)N. The fourth-order valence-corrected chi connectivity index (χ4v) is 1.45. The Hall–Kier alpha value is -2.64. The van der Waals surface area contributed by atoms with Gasteiger partial charge in [-0.3, -0.25) is 5.41 Å². The van der Waals surface area contributed by atoms with E-state index in [9.17, 15) is 4.79 Å². The van der Waals surface area contributed by atoms with Gasteiger partial charge in [-0.1, -0.05) is 12.1 Å². The average molecular weight is 282 g/mol. The Morgan fingerprint density at radius 2 is 2.05 bits per heavy atom. The van der Waals surface area contributed by atoms with Gasteiger partial charge in [0.1, 0.15) is 6.61 Å². The van der Waals surface area contributed by atoms with Crippen LogP contribution < -0.4 is 26.3 Å². The van der Waals surface area contributed by atoms with Crippen molar-refractivity contribution in [2.24, 2.45) is 11.5 Å². The summed E-state index contributed by atoms with van der Waals surface area (Å²) in [6.07, 6.45) is -0.633. The molecule has 1 aromatic rings. The van der Waals surface area contributed by atoms with Crippen molar-refractivity contribution in [1.82, 2.24) is 5.32 Å². The number of methoxy groups -OCH3 is 1. The quantitative estimate of drug-likeness (QED) is 0.454. The molecule has 1 aliphatic heterocycles. The highest BCUT2D eigenvalue weighted by Crippen LogP contribution is 2.26. The molecule has 20 heavy (non-hydrogen) atoms. The normalized spacial score (nSPS) is 16.2. The molecular weight excluding hydrogens is 264 g/mol. The highest BCUT2D eigenvalue weighted by molar-refractivity contribution is 5.71. The predicted octanol–water partition coefficient (Wildman–Crippen LogP) is 0.0210. The predicted molar refractivity (Wildman–Crippen MR) is 72.9 cm³/mol. The summed E-state index contributed by atoms with van der Waals surface area (Å²) in [5.74, 6) is 0.979. The van der Waals surface area contributed by atoms with Crippen LogP contribution in [-0.4, -0.2) is 38.4 Å². The number of rotatable bonds is 4. The van der Waals surface area contributed by atoms with Crippen LogP contribution in [-0.2, 0) is 4.74 Å². The van der Waals surface area contributed by atoms with Gasteiger partial charge in [0, 0.05) is 0 Å². The number of alkyl carbamates (subject to hydrolysis) is 1. The zero-order valence-electron chi connectivity index (χ0n) is 11.1. The molecule has 1 aliphatic rings. The first-order valence-corrected chi connectivity index (χ1v) is 5.82. The lowest BCUT2D eigenvalue weighted by Crippen LogP contribution is -2.22. The van der Waals surface area contributed by atoms with Crippen LogP contribution in [0, 0.1) is 5.41 Å². The molecule has 0 saturated carbocycles. The minimum absolute atomic E-state index is 0.239. The summed E-state index contributed by atoms with van der Waals surface area (Å²) < 4.78 is 15.6. The molecule has 1 aromatic carbocycles. The number of carbonyl (C=O) groups excluding carboxylic acids is 1. The van der Waals surface area contributed by atoms with Crippen molar-refractivity contribution in [3.63, 3.8) is 0 Å². The molecule has 110 valence electrons. The Bertz CT molecular complexity index is 463. The van der Waals surface area contributed by atoms with Crippen molar-refractivity contribution in [3.05, 3.63) is 24.3 Å². The summed E-state index contributed by atoms with van der Waals surface area (Å²) in [5, 5.41) is 8.62.